The molecule has 168 valence electrons. The van der Waals surface area contributed by atoms with E-state index in [1.165, 1.54) is 16.5 Å². The zero-order valence-corrected chi connectivity index (χ0v) is 19.1. The van der Waals surface area contributed by atoms with Gasteiger partial charge in [0.15, 0.2) is 0 Å². The van der Waals surface area contributed by atoms with Gasteiger partial charge in [-0.05, 0) is 42.2 Å². The number of nitrogens with one attached hydrogen (secondary N) is 1. The fraction of sp³-hybridized carbons (Fsp3) is 0.286. The van der Waals surface area contributed by atoms with E-state index < -0.39 is 0 Å². The van der Waals surface area contributed by atoms with Crippen molar-refractivity contribution >= 4 is 16.8 Å². The quantitative estimate of drug-likeness (QED) is 0.473. The lowest BCUT2D eigenvalue weighted by Gasteiger charge is -2.24. The highest BCUT2D eigenvalue weighted by molar-refractivity contribution is 5.83. The second-order valence-corrected chi connectivity index (χ2v) is 8.81. The van der Waals surface area contributed by atoms with E-state index in [-0.39, 0.29) is 11.8 Å². The molecule has 5 heteroatoms. The average Bonchev–Trinajstić information content (AvgIpc) is 3.20. The Morgan fingerprint density at radius 3 is 2.70 bits per heavy atom. The topological polar surface area (TPSA) is 52.2 Å². The molecule has 1 fully saturated rings. The zero-order chi connectivity index (χ0) is 22.6. The van der Waals surface area contributed by atoms with Crippen LogP contribution in [0.1, 0.15) is 18.1 Å². The van der Waals surface area contributed by atoms with Crippen LogP contribution in [-0.4, -0.2) is 51.9 Å². The molecule has 0 aliphatic carbocycles. The van der Waals surface area contributed by atoms with Gasteiger partial charge in [-0.2, -0.15) is 0 Å². The summed E-state index contributed by atoms with van der Waals surface area (Å²) < 4.78 is 0. The van der Waals surface area contributed by atoms with Crippen molar-refractivity contribution in [2.24, 2.45) is 5.92 Å². The van der Waals surface area contributed by atoms with Gasteiger partial charge in [-0.3, -0.25) is 14.7 Å². The summed E-state index contributed by atoms with van der Waals surface area (Å²) in [5, 5.41) is 1.26. The highest BCUT2D eigenvalue weighted by Crippen LogP contribution is 2.27. The first-order chi connectivity index (χ1) is 16.2. The largest absolute Gasteiger partial charge is 0.361 e. The molecule has 0 unspecified atom stereocenters. The summed E-state index contributed by atoms with van der Waals surface area (Å²) in [7, 11) is 0. The van der Waals surface area contributed by atoms with Gasteiger partial charge in [0.25, 0.3) is 0 Å². The number of nitrogens with zero attached hydrogens (tertiary/aromatic N) is 3. The average molecular weight is 439 g/mol. The van der Waals surface area contributed by atoms with Crippen molar-refractivity contribution in [2.75, 3.05) is 26.2 Å². The molecule has 4 aromatic rings. The minimum Gasteiger partial charge on any atom is -0.361 e. The first-order valence-corrected chi connectivity index (χ1v) is 11.8. The minimum atomic E-state index is -0.0736. The summed E-state index contributed by atoms with van der Waals surface area (Å²) in [6, 6.07) is 20.9. The van der Waals surface area contributed by atoms with Gasteiger partial charge in [0.05, 0.1) is 5.92 Å². The molecular formula is C28H30N4O. The predicted octanol–water partition coefficient (Wildman–Crippen LogP) is 4.75. The van der Waals surface area contributed by atoms with E-state index in [0.29, 0.717) is 0 Å². The number of benzene rings is 2. The van der Waals surface area contributed by atoms with Gasteiger partial charge in [0.1, 0.15) is 0 Å². The van der Waals surface area contributed by atoms with Crippen molar-refractivity contribution < 1.29 is 4.79 Å². The zero-order valence-electron chi connectivity index (χ0n) is 19.1. The number of para-hydroxylation sites is 1. The molecule has 1 N–H and O–H groups in total. The number of hydrogen-bond acceptors (Lipinski definition) is 3. The maximum Gasteiger partial charge on any atom is 0.227 e. The van der Waals surface area contributed by atoms with E-state index in [4.69, 9.17) is 0 Å². The standard InChI is InChI=1S/C28H30N4O/c1-2-32-15-14-31(20-24-18-30-27-12-6-5-11-26(24)27)19-23(28(32)33)16-21-8-3-4-10-25(21)22-9-7-13-29-17-22/h3-13,17-18,23,30H,2,14-16,19-20H2,1H3/t23-/m0/s1. The number of aromatic amines is 1. The number of H-pyrrole nitrogens is 1. The number of fused-ring (bicyclic) bond motifs is 1. The number of hydrogen-bond donors (Lipinski definition) is 1. The number of rotatable bonds is 6. The van der Waals surface area contributed by atoms with E-state index in [2.05, 4.69) is 82.6 Å². The third-order valence-corrected chi connectivity index (χ3v) is 6.73. The fourth-order valence-electron chi connectivity index (χ4n) is 4.99. The molecule has 1 atom stereocenters. The van der Waals surface area contributed by atoms with Crippen molar-refractivity contribution in [3.63, 3.8) is 0 Å². The Morgan fingerprint density at radius 2 is 1.85 bits per heavy atom. The molecule has 5 nitrogen and oxygen atoms in total. The van der Waals surface area contributed by atoms with Crippen LogP contribution in [0.3, 0.4) is 0 Å². The molecular weight excluding hydrogens is 408 g/mol. The van der Waals surface area contributed by atoms with Gasteiger partial charge >= 0.3 is 0 Å². The Hall–Kier alpha value is -3.44. The SMILES string of the molecule is CCN1CCN(Cc2c[nH]c3ccccc23)C[C@H](Cc2ccccc2-c2cccnc2)C1=O. The lowest BCUT2D eigenvalue weighted by molar-refractivity contribution is -0.134. The Morgan fingerprint density at radius 1 is 1.00 bits per heavy atom. The van der Waals surface area contributed by atoms with Gasteiger partial charge < -0.3 is 9.88 Å². The summed E-state index contributed by atoms with van der Waals surface area (Å²) in [6.07, 6.45) is 6.53. The highest BCUT2D eigenvalue weighted by Gasteiger charge is 2.30. The molecule has 2 aromatic carbocycles. The smallest absolute Gasteiger partial charge is 0.227 e. The summed E-state index contributed by atoms with van der Waals surface area (Å²) in [4.78, 5) is 25.6. The Labute approximate surface area is 195 Å². The monoisotopic (exact) mass is 438 g/mol. The fourth-order valence-corrected chi connectivity index (χ4v) is 4.99. The maximum atomic E-state index is 13.5. The van der Waals surface area contributed by atoms with Crippen molar-refractivity contribution in [1.29, 1.82) is 0 Å². The summed E-state index contributed by atoms with van der Waals surface area (Å²) in [5.74, 6) is 0.190. The highest BCUT2D eigenvalue weighted by atomic mass is 16.2. The third kappa shape index (κ3) is 4.55. The number of amides is 1. The number of aromatic nitrogens is 2. The third-order valence-electron chi connectivity index (χ3n) is 6.73. The molecule has 1 saturated heterocycles. The van der Waals surface area contributed by atoms with E-state index in [0.717, 1.165) is 55.8 Å². The van der Waals surface area contributed by atoms with Crippen LogP contribution >= 0.6 is 0 Å². The van der Waals surface area contributed by atoms with Gasteiger partial charge in [0, 0.05) is 67.8 Å². The van der Waals surface area contributed by atoms with Crippen LogP contribution in [0.4, 0.5) is 0 Å². The summed E-state index contributed by atoms with van der Waals surface area (Å²) >= 11 is 0. The molecule has 1 aliphatic heterocycles. The Balaban J connectivity index is 1.41. The minimum absolute atomic E-state index is 0.0736. The second kappa shape index (κ2) is 9.59. The van der Waals surface area contributed by atoms with Crippen molar-refractivity contribution in [3.05, 3.63) is 90.4 Å². The van der Waals surface area contributed by atoms with Crippen molar-refractivity contribution in [1.82, 2.24) is 19.8 Å². The molecule has 0 spiro atoms. The van der Waals surface area contributed by atoms with Gasteiger partial charge in [-0.25, -0.2) is 0 Å². The molecule has 0 bridgehead atoms. The van der Waals surface area contributed by atoms with Crippen LogP contribution in [0.25, 0.3) is 22.0 Å². The number of carbonyl (C=O) groups is 1. The Kier molecular flexibility index (Phi) is 6.22. The van der Waals surface area contributed by atoms with Crippen molar-refractivity contribution in [2.45, 2.75) is 19.9 Å². The van der Waals surface area contributed by atoms with E-state index in [1.807, 2.05) is 17.2 Å². The van der Waals surface area contributed by atoms with E-state index in [1.54, 1.807) is 6.20 Å². The lowest BCUT2D eigenvalue weighted by Crippen LogP contribution is -2.37. The van der Waals surface area contributed by atoms with Crippen LogP contribution in [0.15, 0.2) is 79.3 Å². The lowest BCUT2D eigenvalue weighted by atomic mass is 9.91. The number of carbonyl (C=O) groups excluding carboxylic acids is 1. The van der Waals surface area contributed by atoms with Gasteiger partial charge in [0.2, 0.25) is 5.91 Å². The molecule has 2 aromatic heterocycles. The predicted molar refractivity (Wildman–Crippen MR) is 133 cm³/mol. The van der Waals surface area contributed by atoms with Crippen LogP contribution in [0.2, 0.25) is 0 Å². The number of pyridine rings is 1. The van der Waals surface area contributed by atoms with Crippen LogP contribution < -0.4 is 0 Å². The molecule has 33 heavy (non-hydrogen) atoms. The van der Waals surface area contributed by atoms with E-state index in [9.17, 15) is 4.79 Å². The van der Waals surface area contributed by atoms with Crippen molar-refractivity contribution in [3.8, 4) is 11.1 Å². The molecule has 1 amide bonds. The van der Waals surface area contributed by atoms with Crippen LogP contribution in [0.5, 0.6) is 0 Å². The Bertz CT molecular complexity index is 1230. The number of likely N-dealkylation sites (N-methyl/N-ethyl adjacent to an activating group) is 1. The summed E-state index contributed by atoms with van der Waals surface area (Å²) in [6.45, 7) is 6.10. The van der Waals surface area contributed by atoms with Gasteiger partial charge in [-0.1, -0.05) is 48.5 Å². The second-order valence-electron chi connectivity index (χ2n) is 8.81. The summed E-state index contributed by atoms with van der Waals surface area (Å²) in [5.41, 5.74) is 5.91. The van der Waals surface area contributed by atoms with Crippen LogP contribution in [0, 0.1) is 5.92 Å². The normalized spacial score (nSPS) is 17.4. The first-order valence-electron chi connectivity index (χ1n) is 11.8. The first kappa shape index (κ1) is 21.4. The van der Waals surface area contributed by atoms with E-state index >= 15 is 0 Å². The molecule has 5 rings (SSSR count). The van der Waals surface area contributed by atoms with Crippen LogP contribution in [-0.2, 0) is 17.8 Å². The van der Waals surface area contributed by atoms with Gasteiger partial charge in [-0.15, -0.1) is 0 Å². The molecule has 3 heterocycles. The maximum absolute atomic E-state index is 13.5. The molecule has 1 aliphatic rings. The molecule has 0 radical (unpaired) electrons. The molecule has 0 saturated carbocycles.